The van der Waals surface area contributed by atoms with Gasteiger partial charge < -0.3 is 15.4 Å². The third-order valence-corrected chi connectivity index (χ3v) is 4.14. The van der Waals surface area contributed by atoms with Crippen molar-refractivity contribution in [2.75, 3.05) is 20.2 Å². The van der Waals surface area contributed by atoms with E-state index in [1.165, 1.54) is 17.5 Å². The highest BCUT2D eigenvalue weighted by molar-refractivity contribution is 5.94. The number of fused-ring (bicyclic) bond motifs is 1. The Kier molecular flexibility index (Phi) is 3.53. The molecule has 0 spiro atoms. The van der Waals surface area contributed by atoms with Crippen molar-refractivity contribution in [3.05, 3.63) is 34.9 Å². The van der Waals surface area contributed by atoms with Crippen LogP contribution < -0.4 is 10.6 Å². The molecule has 1 aromatic carbocycles. The van der Waals surface area contributed by atoms with Gasteiger partial charge in [-0.05, 0) is 42.5 Å². The summed E-state index contributed by atoms with van der Waals surface area (Å²) in [7, 11) is 1.69. The molecule has 0 radical (unpaired) electrons. The van der Waals surface area contributed by atoms with Crippen LogP contribution in [0.15, 0.2) is 18.2 Å². The topological polar surface area (TPSA) is 50.4 Å². The van der Waals surface area contributed by atoms with Crippen LogP contribution in [0.2, 0.25) is 0 Å². The van der Waals surface area contributed by atoms with Crippen LogP contribution >= 0.6 is 0 Å². The van der Waals surface area contributed by atoms with Crippen molar-refractivity contribution in [3.8, 4) is 0 Å². The van der Waals surface area contributed by atoms with Crippen LogP contribution in [0.25, 0.3) is 0 Å². The molecule has 2 atom stereocenters. The van der Waals surface area contributed by atoms with Crippen molar-refractivity contribution in [3.63, 3.8) is 0 Å². The molecule has 0 aromatic heterocycles. The normalized spacial score (nSPS) is 25.3. The minimum absolute atomic E-state index is 0.00505. The van der Waals surface area contributed by atoms with Crippen LogP contribution in [0.1, 0.15) is 27.9 Å². The lowest BCUT2D eigenvalue weighted by atomic mass is 10.1. The van der Waals surface area contributed by atoms with E-state index in [1.54, 1.807) is 7.11 Å². The lowest BCUT2D eigenvalue weighted by Gasteiger charge is -2.18. The summed E-state index contributed by atoms with van der Waals surface area (Å²) in [5, 5.41) is 6.29. The van der Waals surface area contributed by atoms with Gasteiger partial charge in [-0.2, -0.15) is 0 Å². The summed E-state index contributed by atoms with van der Waals surface area (Å²) in [6, 6.07) is 6.13. The van der Waals surface area contributed by atoms with E-state index in [4.69, 9.17) is 4.74 Å². The molecule has 19 heavy (non-hydrogen) atoms. The molecule has 1 fully saturated rings. The van der Waals surface area contributed by atoms with E-state index >= 15 is 0 Å². The highest BCUT2D eigenvalue weighted by Crippen LogP contribution is 2.22. The Hall–Kier alpha value is -1.39. The number of ether oxygens (including phenoxy) is 1. The number of aryl methyl sites for hydroxylation is 2. The number of rotatable bonds is 3. The lowest BCUT2D eigenvalue weighted by molar-refractivity contribution is 0.0780. The van der Waals surface area contributed by atoms with E-state index < -0.39 is 0 Å². The van der Waals surface area contributed by atoms with Gasteiger partial charge in [0.05, 0.1) is 12.1 Å². The zero-order chi connectivity index (χ0) is 13.2. The maximum absolute atomic E-state index is 12.3. The number of amides is 1. The van der Waals surface area contributed by atoms with Crippen molar-refractivity contribution < 1.29 is 9.53 Å². The van der Waals surface area contributed by atoms with Crippen molar-refractivity contribution in [1.29, 1.82) is 0 Å². The zero-order valence-corrected chi connectivity index (χ0v) is 11.2. The summed E-state index contributed by atoms with van der Waals surface area (Å²) < 4.78 is 5.36. The first-order valence-corrected chi connectivity index (χ1v) is 6.94. The molecule has 1 aromatic rings. The molecular formula is C15H20N2O2. The Bertz CT molecular complexity index is 487. The summed E-state index contributed by atoms with van der Waals surface area (Å²) >= 11 is 0. The molecule has 1 aliphatic carbocycles. The average Bonchev–Trinajstić information content (AvgIpc) is 3.05. The maximum Gasteiger partial charge on any atom is 0.251 e. The van der Waals surface area contributed by atoms with Crippen molar-refractivity contribution >= 4 is 5.91 Å². The molecule has 1 saturated heterocycles. The van der Waals surface area contributed by atoms with Gasteiger partial charge in [-0.3, -0.25) is 4.79 Å². The molecule has 102 valence electrons. The van der Waals surface area contributed by atoms with E-state index in [1.807, 2.05) is 12.1 Å². The predicted molar refractivity (Wildman–Crippen MR) is 73.4 cm³/mol. The first kappa shape index (κ1) is 12.6. The fourth-order valence-corrected chi connectivity index (χ4v) is 3.01. The molecule has 2 aliphatic rings. The Morgan fingerprint density at radius 3 is 3.00 bits per heavy atom. The van der Waals surface area contributed by atoms with E-state index in [9.17, 15) is 4.79 Å². The lowest BCUT2D eigenvalue weighted by Crippen LogP contribution is -2.43. The average molecular weight is 260 g/mol. The van der Waals surface area contributed by atoms with Gasteiger partial charge >= 0.3 is 0 Å². The number of nitrogens with one attached hydrogen (secondary N) is 2. The van der Waals surface area contributed by atoms with Gasteiger partial charge in [0, 0.05) is 25.8 Å². The predicted octanol–water partition coefficient (Wildman–Crippen LogP) is 0.892. The van der Waals surface area contributed by atoms with Gasteiger partial charge in [-0.1, -0.05) is 6.07 Å². The van der Waals surface area contributed by atoms with E-state index in [-0.39, 0.29) is 18.1 Å². The largest absolute Gasteiger partial charge is 0.378 e. The van der Waals surface area contributed by atoms with Gasteiger partial charge in [0.15, 0.2) is 0 Å². The molecule has 0 bridgehead atoms. The number of benzene rings is 1. The number of hydrogen-bond acceptors (Lipinski definition) is 3. The van der Waals surface area contributed by atoms with Crippen LogP contribution in [0.5, 0.6) is 0 Å². The number of hydrogen-bond donors (Lipinski definition) is 2. The summed E-state index contributed by atoms with van der Waals surface area (Å²) in [4.78, 5) is 12.3. The molecule has 1 amide bonds. The van der Waals surface area contributed by atoms with Gasteiger partial charge in [-0.25, -0.2) is 0 Å². The van der Waals surface area contributed by atoms with Crippen LogP contribution in [-0.4, -0.2) is 38.3 Å². The second-order valence-corrected chi connectivity index (χ2v) is 5.35. The van der Waals surface area contributed by atoms with E-state index in [2.05, 4.69) is 16.7 Å². The third-order valence-electron chi connectivity index (χ3n) is 4.14. The van der Waals surface area contributed by atoms with Crippen LogP contribution in [-0.2, 0) is 17.6 Å². The Morgan fingerprint density at radius 1 is 1.32 bits per heavy atom. The number of carbonyl (C=O) groups is 1. The van der Waals surface area contributed by atoms with Gasteiger partial charge in [-0.15, -0.1) is 0 Å². The minimum atomic E-state index is 0.00505. The Morgan fingerprint density at radius 2 is 2.16 bits per heavy atom. The molecule has 3 rings (SSSR count). The summed E-state index contributed by atoms with van der Waals surface area (Å²) in [5.41, 5.74) is 3.50. The molecule has 1 aliphatic heterocycles. The fourth-order valence-electron chi connectivity index (χ4n) is 3.01. The Labute approximate surface area is 113 Å². The summed E-state index contributed by atoms with van der Waals surface area (Å²) in [6.45, 7) is 1.57. The molecule has 0 saturated carbocycles. The van der Waals surface area contributed by atoms with Crippen LogP contribution in [0.3, 0.4) is 0 Å². The molecule has 0 unspecified atom stereocenters. The zero-order valence-electron chi connectivity index (χ0n) is 11.2. The monoisotopic (exact) mass is 260 g/mol. The van der Waals surface area contributed by atoms with Crippen molar-refractivity contribution in [1.82, 2.24) is 10.6 Å². The van der Waals surface area contributed by atoms with Gasteiger partial charge in [0.1, 0.15) is 0 Å². The standard InChI is InChI=1S/C15H20N2O2/c1-19-14-9-16-8-13(14)17-15(18)12-6-5-10-3-2-4-11(10)7-12/h5-7,13-14,16H,2-4,8-9H2,1H3,(H,17,18)/t13-,14-/m0/s1. The number of carbonyl (C=O) groups excluding carboxylic acids is 1. The molecule has 1 heterocycles. The first-order chi connectivity index (χ1) is 9.28. The Balaban J connectivity index is 1.70. The molecule has 2 N–H and O–H groups in total. The summed E-state index contributed by atoms with van der Waals surface area (Å²) in [6.07, 6.45) is 3.52. The van der Waals surface area contributed by atoms with Crippen molar-refractivity contribution in [2.24, 2.45) is 0 Å². The van der Waals surface area contributed by atoms with Gasteiger partial charge in [0.2, 0.25) is 0 Å². The van der Waals surface area contributed by atoms with Crippen LogP contribution in [0, 0.1) is 0 Å². The quantitative estimate of drug-likeness (QED) is 0.848. The van der Waals surface area contributed by atoms with Gasteiger partial charge in [0.25, 0.3) is 5.91 Å². The smallest absolute Gasteiger partial charge is 0.251 e. The van der Waals surface area contributed by atoms with E-state index in [0.717, 1.165) is 31.5 Å². The maximum atomic E-state index is 12.3. The highest BCUT2D eigenvalue weighted by Gasteiger charge is 2.28. The SMILES string of the molecule is CO[C@H]1CNC[C@@H]1NC(=O)c1ccc2c(c1)CCC2. The van der Waals surface area contributed by atoms with Crippen molar-refractivity contribution in [2.45, 2.75) is 31.4 Å². The third kappa shape index (κ3) is 2.51. The fraction of sp³-hybridized carbons (Fsp3) is 0.533. The second-order valence-electron chi connectivity index (χ2n) is 5.35. The highest BCUT2D eigenvalue weighted by atomic mass is 16.5. The minimum Gasteiger partial charge on any atom is -0.378 e. The molecule has 4 nitrogen and oxygen atoms in total. The van der Waals surface area contributed by atoms with Crippen LogP contribution in [0.4, 0.5) is 0 Å². The molecule has 4 heteroatoms. The first-order valence-electron chi connectivity index (χ1n) is 6.94. The summed E-state index contributed by atoms with van der Waals surface area (Å²) in [5.74, 6) is 0.00505. The number of methoxy groups -OCH3 is 1. The second kappa shape index (κ2) is 5.31. The molecular weight excluding hydrogens is 240 g/mol. The van der Waals surface area contributed by atoms with E-state index in [0.29, 0.717) is 0 Å².